The molecule has 142 valence electrons. The van der Waals surface area contributed by atoms with Gasteiger partial charge < -0.3 is 20.5 Å². The number of nitrogens with one attached hydrogen (secondary N) is 3. The highest BCUT2D eigenvalue weighted by Crippen LogP contribution is 2.14. The van der Waals surface area contributed by atoms with Gasteiger partial charge in [0.15, 0.2) is 11.7 Å². The molecule has 0 atom stereocenters. The molecule has 0 saturated heterocycles. The van der Waals surface area contributed by atoms with E-state index >= 15 is 0 Å². The van der Waals surface area contributed by atoms with Gasteiger partial charge in [0.1, 0.15) is 12.4 Å². The third-order valence-electron chi connectivity index (χ3n) is 3.77. The molecule has 0 spiro atoms. The van der Waals surface area contributed by atoms with E-state index < -0.39 is 0 Å². The van der Waals surface area contributed by atoms with Gasteiger partial charge in [-0.3, -0.25) is 0 Å². The van der Waals surface area contributed by atoms with Crippen LogP contribution in [0.4, 0.5) is 5.82 Å². The number of rotatable bonds is 10. The molecule has 2 heterocycles. The molecule has 2 rings (SSSR count). The molecule has 26 heavy (non-hydrogen) atoms. The molecule has 2 aromatic heterocycles. The molecule has 0 aliphatic rings. The van der Waals surface area contributed by atoms with Crippen molar-refractivity contribution in [3.05, 3.63) is 41.9 Å². The van der Waals surface area contributed by atoms with Crippen molar-refractivity contribution in [1.82, 2.24) is 20.8 Å². The summed E-state index contributed by atoms with van der Waals surface area (Å²) in [6, 6.07) is 7.84. The highest BCUT2D eigenvalue weighted by atomic mass is 16.5. The summed E-state index contributed by atoms with van der Waals surface area (Å²) in [5.41, 5.74) is 0.966. The molecule has 0 saturated carbocycles. The fraction of sp³-hybridized carbons (Fsp3) is 0.526. The first-order valence-corrected chi connectivity index (χ1v) is 9.31. The van der Waals surface area contributed by atoms with Gasteiger partial charge in [0.05, 0.1) is 5.69 Å². The summed E-state index contributed by atoms with van der Waals surface area (Å²) < 4.78 is 5.33. The Morgan fingerprint density at radius 2 is 2.04 bits per heavy atom. The van der Waals surface area contributed by atoms with Crippen LogP contribution in [-0.2, 0) is 6.54 Å². The minimum Gasteiger partial charge on any atom is -0.370 e. The number of anilines is 1. The average molecular weight is 358 g/mol. The Morgan fingerprint density at radius 1 is 1.19 bits per heavy atom. The number of hydrogen-bond acceptors (Lipinski definition) is 5. The Balaban J connectivity index is 1.68. The number of aliphatic imine (C=N–C) groups is 1. The molecule has 0 fully saturated rings. The van der Waals surface area contributed by atoms with Gasteiger partial charge in [-0.05, 0) is 37.8 Å². The normalized spacial score (nSPS) is 11.6. The average Bonchev–Trinajstić information content (AvgIpc) is 3.12. The zero-order valence-electron chi connectivity index (χ0n) is 16.0. The number of unbranched alkanes of at least 4 members (excludes halogenated alkanes) is 1. The van der Waals surface area contributed by atoms with Crippen LogP contribution in [0.15, 0.2) is 40.0 Å². The van der Waals surface area contributed by atoms with E-state index in [2.05, 4.69) is 51.9 Å². The molecule has 0 aliphatic heterocycles. The lowest BCUT2D eigenvalue weighted by Gasteiger charge is -2.11. The van der Waals surface area contributed by atoms with Gasteiger partial charge in [0.25, 0.3) is 0 Å². The van der Waals surface area contributed by atoms with Crippen LogP contribution in [0.1, 0.15) is 51.0 Å². The minimum absolute atomic E-state index is 0.363. The second kappa shape index (κ2) is 11.1. The van der Waals surface area contributed by atoms with Gasteiger partial charge in [0.2, 0.25) is 0 Å². The maximum Gasteiger partial charge on any atom is 0.191 e. The van der Waals surface area contributed by atoms with Crippen LogP contribution >= 0.6 is 0 Å². The second-order valence-corrected chi connectivity index (χ2v) is 6.34. The zero-order valence-corrected chi connectivity index (χ0v) is 16.0. The summed E-state index contributed by atoms with van der Waals surface area (Å²) in [7, 11) is 0. The molecule has 0 aliphatic carbocycles. The van der Waals surface area contributed by atoms with Crippen molar-refractivity contribution in [3.8, 4) is 0 Å². The van der Waals surface area contributed by atoms with E-state index in [1.165, 1.54) is 0 Å². The molecule has 0 aromatic carbocycles. The molecule has 3 N–H and O–H groups in total. The van der Waals surface area contributed by atoms with Crippen molar-refractivity contribution in [2.75, 3.05) is 25.0 Å². The monoisotopic (exact) mass is 358 g/mol. The number of hydrogen-bond donors (Lipinski definition) is 3. The minimum atomic E-state index is 0.363. The fourth-order valence-electron chi connectivity index (χ4n) is 2.31. The molecule has 0 bridgehead atoms. The Labute approximate surface area is 155 Å². The van der Waals surface area contributed by atoms with Gasteiger partial charge in [-0.1, -0.05) is 25.1 Å². The third kappa shape index (κ3) is 7.13. The van der Waals surface area contributed by atoms with Gasteiger partial charge in [-0.2, -0.15) is 0 Å². The predicted octanol–water partition coefficient (Wildman–Crippen LogP) is 3.14. The quantitative estimate of drug-likeness (QED) is 0.344. The van der Waals surface area contributed by atoms with E-state index in [0.29, 0.717) is 12.5 Å². The van der Waals surface area contributed by atoms with Crippen LogP contribution in [0, 0.1) is 0 Å². The lowest BCUT2D eigenvalue weighted by atomic mass is 10.1. The summed E-state index contributed by atoms with van der Waals surface area (Å²) in [6.45, 7) is 9.32. The number of guanidine groups is 1. The van der Waals surface area contributed by atoms with Crippen LogP contribution in [0.2, 0.25) is 0 Å². The van der Waals surface area contributed by atoms with E-state index in [-0.39, 0.29) is 0 Å². The highest BCUT2D eigenvalue weighted by molar-refractivity contribution is 5.79. The predicted molar refractivity (Wildman–Crippen MR) is 105 cm³/mol. The topological polar surface area (TPSA) is 87.4 Å². The summed E-state index contributed by atoms with van der Waals surface area (Å²) in [6.07, 6.45) is 3.90. The molecule has 2 aromatic rings. The smallest absolute Gasteiger partial charge is 0.191 e. The Hall–Kier alpha value is -2.57. The highest BCUT2D eigenvalue weighted by Gasteiger charge is 2.07. The van der Waals surface area contributed by atoms with Crippen molar-refractivity contribution >= 4 is 11.8 Å². The van der Waals surface area contributed by atoms with E-state index in [4.69, 9.17) is 4.52 Å². The number of aromatic nitrogens is 2. The zero-order chi connectivity index (χ0) is 18.6. The van der Waals surface area contributed by atoms with Crippen LogP contribution in [0.25, 0.3) is 0 Å². The third-order valence-corrected chi connectivity index (χ3v) is 3.77. The molecule has 7 nitrogen and oxygen atoms in total. The lowest BCUT2D eigenvalue weighted by Crippen LogP contribution is -2.37. The van der Waals surface area contributed by atoms with Crippen molar-refractivity contribution < 1.29 is 4.52 Å². The summed E-state index contributed by atoms with van der Waals surface area (Å²) in [4.78, 5) is 8.80. The first kappa shape index (κ1) is 19.8. The van der Waals surface area contributed by atoms with Crippen molar-refractivity contribution in [3.63, 3.8) is 0 Å². The standard InChI is InChI=1S/C19H30N6O/c1-4-20-19(24-14-16-13-17(15(2)3)25-26-16)23-12-8-7-11-22-18-9-5-6-10-21-18/h5-6,9-10,13,15H,4,7-8,11-12,14H2,1-3H3,(H,21,22)(H2,20,23,24). The van der Waals surface area contributed by atoms with E-state index in [9.17, 15) is 0 Å². The summed E-state index contributed by atoms with van der Waals surface area (Å²) >= 11 is 0. The van der Waals surface area contributed by atoms with Gasteiger partial charge in [-0.15, -0.1) is 0 Å². The molecule has 0 amide bonds. The van der Waals surface area contributed by atoms with Crippen LogP contribution in [0.5, 0.6) is 0 Å². The molecule has 0 unspecified atom stereocenters. The molecule has 0 radical (unpaired) electrons. The SMILES string of the molecule is CCNC(=NCc1cc(C(C)C)no1)NCCCCNc1ccccn1. The maximum atomic E-state index is 5.33. The Bertz CT molecular complexity index is 653. The Kier molecular flexibility index (Phi) is 8.45. The summed E-state index contributed by atoms with van der Waals surface area (Å²) in [5.74, 6) is 2.86. The molecule has 7 heteroatoms. The van der Waals surface area contributed by atoms with Crippen molar-refractivity contribution in [1.29, 1.82) is 0 Å². The van der Waals surface area contributed by atoms with Crippen LogP contribution in [0.3, 0.4) is 0 Å². The van der Waals surface area contributed by atoms with E-state index in [0.717, 1.165) is 55.7 Å². The fourth-order valence-corrected chi connectivity index (χ4v) is 2.31. The van der Waals surface area contributed by atoms with Gasteiger partial charge >= 0.3 is 0 Å². The maximum absolute atomic E-state index is 5.33. The lowest BCUT2D eigenvalue weighted by molar-refractivity contribution is 0.376. The summed E-state index contributed by atoms with van der Waals surface area (Å²) in [5, 5.41) is 14.0. The van der Waals surface area contributed by atoms with Crippen LogP contribution in [-0.4, -0.2) is 35.7 Å². The van der Waals surface area contributed by atoms with E-state index in [1.54, 1.807) is 6.20 Å². The van der Waals surface area contributed by atoms with Crippen molar-refractivity contribution in [2.24, 2.45) is 4.99 Å². The molecular weight excluding hydrogens is 328 g/mol. The van der Waals surface area contributed by atoms with E-state index in [1.807, 2.05) is 24.3 Å². The second-order valence-electron chi connectivity index (χ2n) is 6.34. The Morgan fingerprint density at radius 3 is 2.73 bits per heavy atom. The first-order valence-electron chi connectivity index (χ1n) is 9.31. The molecular formula is C19H30N6O. The van der Waals surface area contributed by atoms with Crippen LogP contribution < -0.4 is 16.0 Å². The van der Waals surface area contributed by atoms with Gasteiger partial charge in [-0.25, -0.2) is 9.98 Å². The number of nitrogens with zero attached hydrogens (tertiary/aromatic N) is 3. The number of pyridine rings is 1. The first-order chi connectivity index (χ1) is 12.7. The van der Waals surface area contributed by atoms with Crippen molar-refractivity contribution in [2.45, 2.75) is 46.1 Å². The largest absolute Gasteiger partial charge is 0.370 e. The van der Waals surface area contributed by atoms with Gasteiger partial charge in [0, 0.05) is 31.9 Å².